The molecule has 0 radical (unpaired) electrons. The number of aromatic nitrogens is 2. The van der Waals surface area contributed by atoms with Gasteiger partial charge < -0.3 is 5.32 Å². The van der Waals surface area contributed by atoms with Crippen molar-refractivity contribution in [3.63, 3.8) is 0 Å². The molecular weight excluding hydrogens is 260 g/mol. The zero-order valence-electron chi connectivity index (χ0n) is 11.8. The second-order valence-electron chi connectivity index (χ2n) is 5.80. The van der Waals surface area contributed by atoms with Crippen LogP contribution in [-0.2, 0) is 11.3 Å². The predicted molar refractivity (Wildman–Crippen MR) is 77.3 cm³/mol. The molecule has 0 bridgehead atoms. The van der Waals surface area contributed by atoms with Crippen molar-refractivity contribution < 1.29 is 4.79 Å². The fourth-order valence-electron chi connectivity index (χ4n) is 1.89. The Labute approximate surface area is 117 Å². The van der Waals surface area contributed by atoms with Crippen molar-refractivity contribution in [2.45, 2.75) is 32.9 Å². The van der Waals surface area contributed by atoms with E-state index in [1.54, 1.807) is 11.3 Å². The molecule has 1 amide bonds. The minimum absolute atomic E-state index is 0.0380. The molecule has 0 aliphatic carbocycles. The van der Waals surface area contributed by atoms with E-state index in [1.807, 2.05) is 54.9 Å². The summed E-state index contributed by atoms with van der Waals surface area (Å²) in [6, 6.07) is 0. The van der Waals surface area contributed by atoms with Crippen LogP contribution in [0.25, 0.3) is 4.96 Å². The lowest BCUT2D eigenvalue weighted by Crippen LogP contribution is -2.45. The highest BCUT2D eigenvalue weighted by Crippen LogP contribution is 2.12. The molecule has 1 N–H and O–H groups in total. The first-order chi connectivity index (χ1) is 8.83. The van der Waals surface area contributed by atoms with Gasteiger partial charge in [0.25, 0.3) is 0 Å². The van der Waals surface area contributed by atoms with Gasteiger partial charge in [-0.2, -0.15) is 0 Å². The first-order valence-electron chi connectivity index (χ1n) is 6.24. The summed E-state index contributed by atoms with van der Waals surface area (Å²) in [4.78, 5) is 19.3. The molecule has 2 heterocycles. The van der Waals surface area contributed by atoms with E-state index in [-0.39, 0.29) is 11.4 Å². The van der Waals surface area contributed by atoms with Crippen LogP contribution in [0.1, 0.15) is 26.5 Å². The van der Waals surface area contributed by atoms with Gasteiger partial charge in [-0.25, -0.2) is 4.98 Å². The van der Waals surface area contributed by atoms with Gasteiger partial charge in [-0.05, 0) is 27.8 Å². The third kappa shape index (κ3) is 4.04. The van der Waals surface area contributed by atoms with Crippen LogP contribution in [0.15, 0.2) is 17.8 Å². The SMILES string of the molecule is CN(CC(=O)NC(C)(C)C)Cc1cn2ccsc2n1. The van der Waals surface area contributed by atoms with Crippen LogP contribution in [0.4, 0.5) is 0 Å². The summed E-state index contributed by atoms with van der Waals surface area (Å²) in [6.07, 6.45) is 3.99. The molecule has 2 rings (SSSR count). The van der Waals surface area contributed by atoms with Gasteiger partial charge in [0.05, 0.1) is 12.2 Å². The number of amides is 1. The van der Waals surface area contributed by atoms with Crippen LogP contribution >= 0.6 is 11.3 Å². The standard InChI is InChI=1S/C13H20N4OS/c1-13(2,3)15-11(18)9-16(4)7-10-8-17-5-6-19-12(17)14-10/h5-6,8H,7,9H2,1-4H3,(H,15,18). The number of nitrogens with zero attached hydrogens (tertiary/aromatic N) is 3. The number of hydrogen-bond donors (Lipinski definition) is 1. The van der Waals surface area contributed by atoms with E-state index in [2.05, 4.69) is 10.3 Å². The van der Waals surface area contributed by atoms with Crippen LogP contribution in [0, 0.1) is 0 Å². The quantitative estimate of drug-likeness (QED) is 0.928. The van der Waals surface area contributed by atoms with Gasteiger partial charge in [-0.3, -0.25) is 14.1 Å². The fourth-order valence-corrected chi connectivity index (χ4v) is 2.61. The normalized spacial score (nSPS) is 12.3. The van der Waals surface area contributed by atoms with Crippen LogP contribution in [0.2, 0.25) is 0 Å². The Morgan fingerprint density at radius 1 is 1.53 bits per heavy atom. The van der Waals surface area contributed by atoms with E-state index < -0.39 is 0 Å². The number of nitrogens with one attached hydrogen (secondary N) is 1. The maximum Gasteiger partial charge on any atom is 0.234 e. The predicted octanol–water partition coefficient (Wildman–Crippen LogP) is 1.74. The second-order valence-corrected chi connectivity index (χ2v) is 6.67. The summed E-state index contributed by atoms with van der Waals surface area (Å²) in [7, 11) is 1.93. The first-order valence-corrected chi connectivity index (χ1v) is 7.12. The summed E-state index contributed by atoms with van der Waals surface area (Å²) < 4.78 is 2.00. The van der Waals surface area contributed by atoms with Crippen molar-refractivity contribution >= 4 is 22.2 Å². The molecule has 0 atom stereocenters. The van der Waals surface area contributed by atoms with Crippen LogP contribution < -0.4 is 5.32 Å². The number of carbonyl (C=O) groups excluding carboxylic acids is 1. The maximum atomic E-state index is 11.8. The maximum absolute atomic E-state index is 11.8. The summed E-state index contributed by atoms with van der Waals surface area (Å²) >= 11 is 1.61. The number of rotatable bonds is 4. The molecule has 0 aromatic carbocycles. The van der Waals surface area contributed by atoms with Crippen molar-refractivity contribution in [3.05, 3.63) is 23.5 Å². The van der Waals surface area contributed by atoms with E-state index >= 15 is 0 Å². The number of likely N-dealkylation sites (N-methyl/N-ethyl adjacent to an activating group) is 1. The molecule has 0 unspecified atom stereocenters. The van der Waals surface area contributed by atoms with Gasteiger partial charge in [0.2, 0.25) is 5.91 Å². The average molecular weight is 280 g/mol. The van der Waals surface area contributed by atoms with Crippen LogP contribution in [0.3, 0.4) is 0 Å². The van der Waals surface area contributed by atoms with Crippen molar-refractivity contribution in [3.8, 4) is 0 Å². The second kappa shape index (κ2) is 5.30. The topological polar surface area (TPSA) is 49.6 Å². The zero-order valence-corrected chi connectivity index (χ0v) is 12.6. The highest BCUT2D eigenvalue weighted by atomic mass is 32.1. The van der Waals surface area contributed by atoms with Gasteiger partial charge in [0, 0.05) is 29.9 Å². The van der Waals surface area contributed by atoms with E-state index in [0.717, 1.165) is 10.7 Å². The minimum atomic E-state index is -0.186. The Kier molecular flexibility index (Phi) is 3.91. The molecular formula is C13H20N4OS. The minimum Gasteiger partial charge on any atom is -0.350 e. The number of imidazole rings is 1. The molecule has 2 aromatic rings. The van der Waals surface area contributed by atoms with Crippen molar-refractivity contribution in [1.82, 2.24) is 19.6 Å². The lowest BCUT2D eigenvalue weighted by Gasteiger charge is -2.22. The van der Waals surface area contributed by atoms with Crippen LogP contribution in [0.5, 0.6) is 0 Å². The van der Waals surface area contributed by atoms with Crippen molar-refractivity contribution in [2.24, 2.45) is 0 Å². The summed E-state index contributed by atoms with van der Waals surface area (Å²) in [5.41, 5.74) is 0.799. The van der Waals surface area contributed by atoms with Gasteiger partial charge in [0.15, 0.2) is 4.96 Å². The molecule has 2 aromatic heterocycles. The van der Waals surface area contributed by atoms with Crippen LogP contribution in [-0.4, -0.2) is 39.3 Å². The van der Waals surface area contributed by atoms with E-state index in [4.69, 9.17) is 0 Å². The number of fused-ring (bicyclic) bond motifs is 1. The Hall–Kier alpha value is -1.40. The Bertz CT molecular complexity index is 538. The fraction of sp³-hybridized carbons (Fsp3) is 0.538. The summed E-state index contributed by atoms with van der Waals surface area (Å²) in [5.74, 6) is 0.0380. The molecule has 0 saturated heterocycles. The molecule has 0 aliphatic rings. The smallest absolute Gasteiger partial charge is 0.234 e. The average Bonchev–Trinajstić information content (AvgIpc) is 2.73. The number of hydrogen-bond acceptors (Lipinski definition) is 4. The first kappa shape index (κ1) is 14.0. The van der Waals surface area contributed by atoms with E-state index in [9.17, 15) is 4.79 Å². The Balaban J connectivity index is 1.89. The van der Waals surface area contributed by atoms with Gasteiger partial charge in [0.1, 0.15) is 0 Å². The van der Waals surface area contributed by atoms with Crippen molar-refractivity contribution in [1.29, 1.82) is 0 Å². The summed E-state index contributed by atoms with van der Waals surface area (Å²) in [5, 5.41) is 4.96. The Morgan fingerprint density at radius 2 is 2.26 bits per heavy atom. The zero-order chi connectivity index (χ0) is 14.0. The molecule has 5 nitrogen and oxygen atoms in total. The van der Waals surface area contributed by atoms with Gasteiger partial charge in [-0.15, -0.1) is 11.3 Å². The van der Waals surface area contributed by atoms with E-state index in [0.29, 0.717) is 13.1 Å². The third-order valence-corrected chi connectivity index (χ3v) is 3.27. The third-order valence-electron chi connectivity index (χ3n) is 2.50. The molecule has 6 heteroatoms. The molecule has 0 saturated carbocycles. The monoisotopic (exact) mass is 280 g/mol. The number of carbonyl (C=O) groups is 1. The van der Waals surface area contributed by atoms with Gasteiger partial charge in [-0.1, -0.05) is 0 Å². The molecule has 104 valence electrons. The largest absolute Gasteiger partial charge is 0.350 e. The lowest BCUT2D eigenvalue weighted by molar-refractivity contribution is -0.123. The molecule has 0 aliphatic heterocycles. The highest BCUT2D eigenvalue weighted by Gasteiger charge is 2.15. The molecule has 0 spiro atoms. The highest BCUT2D eigenvalue weighted by molar-refractivity contribution is 7.15. The van der Waals surface area contributed by atoms with Gasteiger partial charge >= 0.3 is 0 Å². The lowest BCUT2D eigenvalue weighted by atomic mass is 10.1. The number of thiazole rings is 1. The molecule has 19 heavy (non-hydrogen) atoms. The molecule has 0 fully saturated rings. The van der Waals surface area contributed by atoms with E-state index in [1.165, 1.54) is 0 Å². The summed E-state index contributed by atoms with van der Waals surface area (Å²) in [6.45, 7) is 6.99. The Morgan fingerprint density at radius 3 is 2.89 bits per heavy atom. The van der Waals surface area contributed by atoms with Crippen molar-refractivity contribution in [2.75, 3.05) is 13.6 Å².